The van der Waals surface area contributed by atoms with Crippen molar-refractivity contribution in [2.24, 2.45) is 0 Å². The lowest BCUT2D eigenvalue weighted by Crippen LogP contribution is -2.54. The van der Waals surface area contributed by atoms with Crippen molar-refractivity contribution in [2.45, 2.75) is 16.3 Å². The molecule has 0 fully saturated rings. The Morgan fingerprint density at radius 3 is 2.17 bits per heavy atom. The first-order valence-corrected chi connectivity index (χ1v) is 8.59. The fraction of sp³-hybridized carbons (Fsp3) is 0.250. The average Bonchev–Trinajstić information content (AvgIpc) is 2.55. The monoisotopic (exact) mass is 360 g/mol. The highest BCUT2D eigenvalue weighted by Gasteiger charge is 2.39. The summed E-state index contributed by atoms with van der Waals surface area (Å²) >= 11 is 0. The number of methoxy groups -OCH3 is 1. The van der Waals surface area contributed by atoms with Crippen LogP contribution < -0.4 is 10.5 Å². The van der Waals surface area contributed by atoms with Crippen molar-refractivity contribution in [1.29, 1.82) is 0 Å². The Hall–Kier alpha value is -2.06. The number of ether oxygens (including phenoxy) is 1. The fourth-order valence-corrected chi connectivity index (χ4v) is 4.14. The molecule has 1 atom stereocenters. The maximum absolute atomic E-state index is 13.2. The first-order chi connectivity index (χ1) is 11.2. The molecule has 0 spiro atoms. The van der Waals surface area contributed by atoms with Crippen LogP contribution in [0.1, 0.15) is 16.4 Å². The quantitative estimate of drug-likeness (QED) is 0.890. The molecule has 0 saturated carbocycles. The number of rotatable bonds is 5. The van der Waals surface area contributed by atoms with Crippen LogP contribution in [0.2, 0.25) is 0 Å². The van der Waals surface area contributed by atoms with Gasteiger partial charge in [0.15, 0.2) is 9.84 Å². The van der Waals surface area contributed by atoms with Crippen molar-refractivity contribution < 1.29 is 32.1 Å². The molecule has 2 aromatic rings. The number of benzene rings is 2. The summed E-state index contributed by atoms with van der Waals surface area (Å²) in [6, 6.07) is 10.2. The maximum Gasteiger partial charge on any atom is 0.416 e. The minimum absolute atomic E-state index is 0.0751. The molecule has 0 heterocycles. The van der Waals surface area contributed by atoms with Crippen molar-refractivity contribution in [1.82, 2.24) is 0 Å². The van der Waals surface area contributed by atoms with E-state index in [9.17, 15) is 21.6 Å². The lowest BCUT2D eigenvalue weighted by molar-refractivity contribution is -0.367. The van der Waals surface area contributed by atoms with Crippen molar-refractivity contribution in [2.75, 3.05) is 13.7 Å². The van der Waals surface area contributed by atoms with Crippen LogP contribution >= 0.6 is 0 Å². The third-order valence-electron chi connectivity index (χ3n) is 3.64. The summed E-state index contributed by atoms with van der Waals surface area (Å²) in [7, 11) is -2.60. The van der Waals surface area contributed by atoms with Crippen LogP contribution in [-0.4, -0.2) is 22.1 Å². The van der Waals surface area contributed by atoms with Gasteiger partial charge in [-0.15, -0.1) is 0 Å². The molecule has 3 N–H and O–H groups in total. The standard InChI is InChI=1S/C16H16F3NO3S/c1-23-11-6-8-12(9-7-11)24(21,22)15(10-20)13-4-2-3-5-14(13)16(17,18)19/h2-9,15H,10,20H2,1H3/p+1/t15-/m0/s1. The van der Waals surface area contributed by atoms with E-state index in [2.05, 4.69) is 5.73 Å². The normalized spacial score (nSPS) is 13.5. The number of halogens is 3. The van der Waals surface area contributed by atoms with E-state index in [4.69, 9.17) is 4.74 Å². The summed E-state index contributed by atoms with van der Waals surface area (Å²) in [6.07, 6.45) is -4.64. The summed E-state index contributed by atoms with van der Waals surface area (Å²) in [5, 5.41) is -1.39. The van der Waals surface area contributed by atoms with Crippen molar-refractivity contribution in [3.63, 3.8) is 0 Å². The first kappa shape index (κ1) is 18.3. The van der Waals surface area contributed by atoms with Crippen molar-refractivity contribution in [3.8, 4) is 5.75 Å². The molecule has 0 aliphatic rings. The van der Waals surface area contributed by atoms with Crippen LogP contribution in [0, 0.1) is 0 Å². The van der Waals surface area contributed by atoms with Crippen LogP contribution in [0.25, 0.3) is 0 Å². The molecule has 0 amide bonds. The predicted molar refractivity (Wildman–Crippen MR) is 82.1 cm³/mol. The highest BCUT2D eigenvalue weighted by atomic mass is 32.2. The van der Waals surface area contributed by atoms with Gasteiger partial charge in [0, 0.05) is 0 Å². The van der Waals surface area contributed by atoms with Crippen molar-refractivity contribution >= 4 is 9.84 Å². The Labute approximate surface area is 138 Å². The molecule has 24 heavy (non-hydrogen) atoms. The zero-order valence-corrected chi connectivity index (χ0v) is 13.7. The third kappa shape index (κ3) is 3.54. The molecule has 130 valence electrons. The Balaban J connectivity index is 2.55. The van der Waals surface area contributed by atoms with Gasteiger partial charge in [-0.1, -0.05) is 18.2 Å². The number of alkyl halides is 3. The minimum atomic E-state index is -4.64. The molecule has 0 aliphatic heterocycles. The number of hydrogen-bond donors (Lipinski definition) is 1. The van der Waals surface area contributed by atoms with E-state index in [1.807, 2.05) is 0 Å². The van der Waals surface area contributed by atoms with E-state index >= 15 is 0 Å². The van der Waals surface area contributed by atoms with E-state index in [0.29, 0.717) is 5.75 Å². The highest BCUT2D eigenvalue weighted by molar-refractivity contribution is 7.91. The molecule has 0 bridgehead atoms. The minimum Gasteiger partial charge on any atom is -0.497 e. The second-order valence-electron chi connectivity index (χ2n) is 5.08. The van der Waals surface area contributed by atoms with Crippen LogP contribution in [0.3, 0.4) is 0 Å². The summed E-state index contributed by atoms with van der Waals surface area (Å²) in [6.45, 7) is -0.221. The summed E-state index contributed by atoms with van der Waals surface area (Å²) in [5.41, 5.74) is 2.28. The Kier molecular flexibility index (Phi) is 5.19. The molecule has 4 nitrogen and oxygen atoms in total. The van der Waals surface area contributed by atoms with Gasteiger partial charge in [0.1, 0.15) is 11.0 Å². The van der Waals surface area contributed by atoms with Crippen LogP contribution in [0.4, 0.5) is 13.2 Å². The Morgan fingerprint density at radius 1 is 1.08 bits per heavy atom. The van der Waals surface area contributed by atoms with Crippen LogP contribution in [0.5, 0.6) is 5.75 Å². The molecular weight excluding hydrogens is 343 g/mol. The third-order valence-corrected chi connectivity index (χ3v) is 5.81. The predicted octanol–water partition coefficient (Wildman–Crippen LogP) is 2.47. The van der Waals surface area contributed by atoms with Gasteiger partial charge < -0.3 is 10.5 Å². The summed E-state index contributed by atoms with van der Waals surface area (Å²) in [4.78, 5) is -0.0751. The average molecular weight is 360 g/mol. The second-order valence-corrected chi connectivity index (χ2v) is 7.21. The number of hydrogen-bond acceptors (Lipinski definition) is 3. The van der Waals surface area contributed by atoms with Crippen molar-refractivity contribution in [3.05, 3.63) is 59.7 Å². The van der Waals surface area contributed by atoms with E-state index < -0.39 is 26.8 Å². The van der Waals surface area contributed by atoms with Gasteiger partial charge in [-0.3, -0.25) is 0 Å². The zero-order chi connectivity index (χ0) is 18.0. The fourth-order valence-electron chi connectivity index (χ4n) is 2.44. The smallest absolute Gasteiger partial charge is 0.416 e. The topological polar surface area (TPSA) is 71.0 Å². The largest absolute Gasteiger partial charge is 0.497 e. The first-order valence-electron chi connectivity index (χ1n) is 7.05. The second kappa shape index (κ2) is 6.82. The number of sulfone groups is 1. The van der Waals surface area contributed by atoms with E-state index in [-0.39, 0.29) is 17.0 Å². The summed E-state index contributed by atoms with van der Waals surface area (Å²) in [5.74, 6) is 0.454. The van der Waals surface area contributed by atoms with E-state index in [1.165, 1.54) is 49.6 Å². The molecular formula is C16H17F3NO3S+. The van der Waals surface area contributed by atoms with E-state index in [0.717, 1.165) is 6.07 Å². The van der Waals surface area contributed by atoms with Gasteiger partial charge in [0.05, 0.1) is 24.1 Å². The summed E-state index contributed by atoms with van der Waals surface area (Å²) < 4.78 is 70.2. The van der Waals surface area contributed by atoms with Gasteiger partial charge in [0.2, 0.25) is 0 Å². The van der Waals surface area contributed by atoms with Crippen LogP contribution in [-0.2, 0) is 16.0 Å². The van der Waals surface area contributed by atoms with Gasteiger partial charge in [-0.2, -0.15) is 13.2 Å². The Morgan fingerprint density at radius 2 is 1.67 bits per heavy atom. The van der Waals surface area contributed by atoms with Gasteiger partial charge in [-0.05, 0) is 35.9 Å². The molecule has 0 aromatic heterocycles. The lowest BCUT2D eigenvalue weighted by atomic mass is 10.0. The zero-order valence-electron chi connectivity index (χ0n) is 12.9. The molecule has 8 heteroatoms. The molecule has 0 saturated heterocycles. The number of quaternary nitrogens is 1. The van der Waals surface area contributed by atoms with Gasteiger partial charge in [0.25, 0.3) is 0 Å². The lowest BCUT2D eigenvalue weighted by Gasteiger charge is -2.19. The van der Waals surface area contributed by atoms with E-state index in [1.54, 1.807) is 0 Å². The van der Waals surface area contributed by atoms with Gasteiger partial charge >= 0.3 is 6.18 Å². The molecule has 0 aliphatic carbocycles. The maximum atomic E-state index is 13.2. The molecule has 2 rings (SSSR count). The molecule has 0 radical (unpaired) electrons. The van der Waals surface area contributed by atoms with Crippen LogP contribution in [0.15, 0.2) is 53.4 Å². The van der Waals surface area contributed by atoms with Gasteiger partial charge in [-0.25, -0.2) is 8.42 Å². The Bertz CT molecular complexity index is 802. The molecule has 2 aromatic carbocycles. The molecule has 0 unspecified atom stereocenters. The SMILES string of the molecule is COc1ccc(S(=O)(=O)[C@@H](C[NH3+])c2ccccc2C(F)(F)F)cc1. The highest BCUT2D eigenvalue weighted by Crippen LogP contribution is 2.38.